The summed E-state index contributed by atoms with van der Waals surface area (Å²) in [6.45, 7) is 0. The first-order valence-electron chi connectivity index (χ1n) is 5.44. The van der Waals surface area contributed by atoms with Crippen molar-refractivity contribution < 1.29 is 9.32 Å². The van der Waals surface area contributed by atoms with E-state index in [4.69, 9.17) is 11.6 Å². The topological polar surface area (TPSA) is 37.3 Å². The first-order chi connectivity index (χ1) is 8.56. The molecule has 2 rings (SSSR count). The fourth-order valence-electron chi connectivity index (χ4n) is 1.74. The molecule has 0 aliphatic heterocycles. The maximum absolute atomic E-state index is 11.2. The van der Waals surface area contributed by atoms with Gasteiger partial charge < -0.3 is 5.11 Å². The lowest BCUT2D eigenvalue weighted by Gasteiger charge is -2.07. The van der Waals surface area contributed by atoms with E-state index in [1.165, 1.54) is 0 Å². The number of hydrogen-bond acceptors (Lipinski definition) is 2. The second kappa shape index (κ2) is 5.55. The summed E-state index contributed by atoms with van der Waals surface area (Å²) in [5.41, 5.74) is 2.69. The van der Waals surface area contributed by atoms with E-state index in [9.17, 15) is 9.32 Å². The van der Waals surface area contributed by atoms with Gasteiger partial charge in [-0.3, -0.25) is 4.21 Å². The number of hydrogen-bond donors (Lipinski definition) is 1. The highest BCUT2D eigenvalue weighted by molar-refractivity contribution is 7.83. The highest BCUT2D eigenvalue weighted by Gasteiger charge is 2.06. The largest absolute Gasteiger partial charge is 0.508 e. The van der Waals surface area contributed by atoms with Gasteiger partial charge in [-0.2, -0.15) is 0 Å². The van der Waals surface area contributed by atoms with Crippen molar-refractivity contribution in [1.82, 2.24) is 0 Å². The number of phenolic OH excluding ortho intramolecular Hbond substituents is 1. The van der Waals surface area contributed by atoms with E-state index < -0.39 is 10.8 Å². The van der Waals surface area contributed by atoms with E-state index in [0.29, 0.717) is 16.3 Å². The summed E-state index contributed by atoms with van der Waals surface area (Å²) in [7, 11) is -0.976. The highest BCUT2D eigenvalue weighted by atomic mass is 35.5. The van der Waals surface area contributed by atoms with Crippen molar-refractivity contribution in [2.45, 2.75) is 5.75 Å². The van der Waals surface area contributed by atoms with Gasteiger partial charge in [0, 0.05) is 27.6 Å². The molecule has 94 valence electrons. The number of phenols is 1. The molecule has 1 atom stereocenters. The van der Waals surface area contributed by atoms with Crippen molar-refractivity contribution in [3.63, 3.8) is 0 Å². The summed E-state index contributed by atoms with van der Waals surface area (Å²) < 4.78 is 11.2. The predicted molar refractivity (Wildman–Crippen MR) is 76.3 cm³/mol. The minimum Gasteiger partial charge on any atom is -0.508 e. The minimum absolute atomic E-state index is 0.183. The highest BCUT2D eigenvalue weighted by Crippen LogP contribution is 2.27. The Bertz CT molecular complexity index is 579. The lowest BCUT2D eigenvalue weighted by atomic mass is 10.0. The second-order valence-electron chi connectivity index (χ2n) is 4.07. The van der Waals surface area contributed by atoms with E-state index >= 15 is 0 Å². The summed E-state index contributed by atoms with van der Waals surface area (Å²) in [5.74, 6) is 0.538. The molecule has 2 aromatic rings. The van der Waals surface area contributed by atoms with Gasteiger partial charge >= 0.3 is 0 Å². The standard InChI is InChI=1S/C14H13ClO2S/c1-18(17)9-12-8-11(4-7-14(12)16)10-2-5-13(15)6-3-10/h2-8,16H,9H2,1H3. The Kier molecular flexibility index (Phi) is 4.04. The molecular weight excluding hydrogens is 268 g/mol. The van der Waals surface area contributed by atoms with Gasteiger partial charge in [-0.25, -0.2) is 0 Å². The molecule has 0 amide bonds. The zero-order valence-electron chi connectivity index (χ0n) is 9.89. The van der Waals surface area contributed by atoms with E-state index in [2.05, 4.69) is 0 Å². The quantitative estimate of drug-likeness (QED) is 0.933. The summed E-state index contributed by atoms with van der Waals surface area (Å²) in [6.07, 6.45) is 1.62. The van der Waals surface area contributed by atoms with Crippen molar-refractivity contribution in [3.05, 3.63) is 53.1 Å². The van der Waals surface area contributed by atoms with Gasteiger partial charge in [-0.15, -0.1) is 0 Å². The SMILES string of the molecule is CS(=O)Cc1cc(-c2ccc(Cl)cc2)ccc1O. The maximum atomic E-state index is 11.2. The molecule has 2 aromatic carbocycles. The average Bonchev–Trinajstić information content (AvgIpc) is 2.32. The summed E-state index contributed by atoms with van der Waals surface area (Å²) in [6, 6.07) is 12.8. The van der Waals surface area contributed by atoms with E-state index in [0.717, 1.165) is 11.1 Å². The predicted octanol–water partition coefficient (Wildman–Crippen LogP) is 3.59. The molecule has 0 aliphatic carbocycles. The molecule has 0 aliphatic rings. The number of halogens is 1. The third-order valence-corrected chi connectivity index (χ3v) is 3.59. The van der Waals surface area contributed by atoms with Crippen LogP contribution < -0.4 is 0 Å². The molecule has 0 spiro atoms. The summed E-state index contributed by atoms with van der Waals surface area (Å²) >= 11 is 5.84. The minimum atomic E-state index is -0.976. The van der Waals surface area contributed by atoms with Crippen LogP contribution in [0.5, 0.6) is 5.75 Å². The van der Waals surface area contributed by atoms with Crippen LogP contribution in [0, 0.1) is 0 Å². The molecular formula is C14H13ClO2S. The molecule has 0 bridgehead atoms. The third-order valence-electron chi connectivity index (χ3n) is 2.62. The Hall–Kier alpha value is -1.32. The Labute approximate surface area is 114 Å². The van der Waals surface area contributed by atoms with Gasteiger partial charge in [0.25, 0.3) is 0 Å². The molecule has 1 N–H and O–H groups in total. The fraction of sp³-hybridized carbons (Fsp3) is 0.143. The maximum Gasteiger partial charge on any atom is 0.119 e. The fourth-order valence-corrected chi connectivity index (χ4v) is 2.54. The van der Waals surface area contributed by atoms with Crippen LogP contribution in [0.15, 0.2) is 42.5 Å². The van der Waals surface area contributed by atoms with Crippen LogP contribution in [0.2, 0.25) is 5.02 Å². The smallest absolute Gasteiger partial charge is 0.119 e. The Morgan fingerprint density at radius 2 is 1.72 bits per heavy atom. The molecule has 18 heavy (non-hydrogen) atoms. The van der Waals surface area contributed by atoms with Crippen LogP contribution in [-0.2, 0) is 16.6 Å². The molecule has 1 unspecified atom stereocenters. The van der Waals surface area contributed by atoms with Crippen molar-refractivity contribution in [1.29, 1.82) is 0 Å². The molecule has 0 fully saturated rings. The molecule has 4 heteroatoms. The molecule has 0 saturated carbocycles. The molecule has 0 radical (unpaired) electrons. The molecule has 0 saturated heterocycles. The van der Waals surface area contributed by atoms with Gasteiger partial charge in [-0.1, -0.05) is 29.8 Å². The Balaban J connectivity index is 2.40. The van der Waals surface area contributed by atoms with Gasteiger partial charge in [0.15, 0.2) is 0 Å². The first kappa shape index (κ1) is 13.1. The third kappa shape index (κ3) is 3.12. The van der Waals surface area contributed by atoms with Gasteiger partial charge in [-0.05, 0) is 35.4 Å². The van der Waals surface area contributed by atoms with Crippen molar-refractivity contribution in [2.75, 3.05) is 6.26 Å². The molecule has 0 aromatic heterocycles. The van der Waals surface area contributed by atoms with Crippen LogP contribution in [0.3, 0.4) is 0 Å². The summed E-state index contributed by atoms with van der Waals surface area (Å²) in [5, 5.41) is 10.4. The number of benzene rings is 2. The van der Waals surface area contributed by atoms with Crippen molar-refractivity contribution >= 4 is 22.4 Å². The van der Waals surface area contributed by atoms with Crippen molar-refractivity contribution in [2.24, 2.45) is 0 Å². The summed E-state index contributed by atoms with van der Waals surface area (Å²) in [4.78, 5) is 0. The lowest BCUT2D eigenvalue weighted by molar-refractivity contribution is 0.470. The van der Waals surface area contributed by atoms with E-state index in [1.807, 2.05) is 36.4 Å². The second-order valence-corrected chi connectivity index (χ2v) is 5.94. The van der Waals surface area contributed by atoms with Crippen LogP contribution in [0.4, 0.5) is 0 Å². The number of rotatable bonds is 3. The van der Waals surface area contributed by atoms with Gasteiger partial charge in [0.1, 0.15) is 5.75 Å². The lowest BCUT2D eigenvalue weighted by Crippen LogP contribution is -1.93. The van der Waals surface area contributed by atoms with Gasteiger partial charge in [0.2, 0.25) is 0 Å². The van der Waals surface area contributed by atoms with Crippen LogP contribution in [0.1, 0.15) is 5.56 Å². The van der Waals surface area contributed by atoms with Crippen molar-refractivity contribution in [3.8, 4) is 16.9 Å². The monoisotopic (exact) mass is 280 g/mol. The zero-order chi connectivity index (χ0) is 13.1. The average molecular weight is 281 g/mol. The zero-order valence-corrected chi connectivity index (χ0v) is 11.5. The van der Waals surface area contributed by atoms with Gasteiger partial charge in [0.05, 0.1) is 5.75 Å². The van der Waals surface area contributed by atoms with E-state index in [1.54, 1.807) is 12.3 Å². The van der Waals surface area contributed by atoms with Crippen LogP contribution in [-0.4, -0.2) is 15.6 Å². The van der Waals surface area contributed by atoms with Crippen LogP contribution >= 0.6 is 11.6 Å². The normalized spacial score (nSPS) is 12.3. The van der Waals surface area contributed by atoms with Crippen LogP contribution in [0.25, 0.3) is 11.1 Å². The number of aromatic hydroxyl groups is 1. The Morgan fingerprint density at radius 3 is 2.33 bits per heavy atom. The Morgan fingerprint density at radius 1 is 1.11 bits per heavy atom. The molecule has 2 nitrogen and oxygen atoms in total. The van der Waals surface area contributed by atoms with E-state index in [-0.39, 0.29) is 5.75 Å². The first-order valence-corrected chi connectivity index (χ1v) is 7.54. The molecule has 0 heterocycles.